The zero-order chi connectivity index (χ0) is 34.0. The summed E-state index contributed by atoms with van der Waals surface area (Å²) in [6.07, 6.45) is 33.2. The number of hydrogen-bond donors (Lipinski definition) is 2. The van der Waals surface area contributed by atoms with Crippen LogP contribution in [0.25, 0.3) is 0 Å². The molecule has 0 fully saturated rings. The second kappa shape index (κ2) is 33.1. The molecule has 0 aliphatic carbocycles. The smallest absolute Gasteiger partial charge is 0.462 e. The van der Waals surface area contributed by atoms with Crippen LogP contribution in [0.4, 0.5) is 0 Å². The molecule has 9 nitrogen and oxygen atoms in total. The molecule has 0 aliphatic heterocycles. The first-order valence-electron chi connectivity index (χ1n) is 18.0. The number of ether oxygens (including phenoxy) is 2. The van der Waals surface area contributed by atoms with E-state index in [1.807, 2.05) is 0 Å². The molecule has 0 amide bonds. The Labute approximate surface area is 280 Å². The van der Waals surface area contributed by atoms with Crippen molar-refractivity contribution in [2.75, 3.05) is 26.4 Å². The monoisotopic (exact) mass is 671 g/mol. The Balaban J connectivity index is 4.28. The van der Waals surface area contributed by atoms with Crippen LogP contribution < -0.4 is 5.73 Å². The van der Waals surface area contributed by atoms with Gasteiger partial charge in [-0.1, -0.05) is 127 Å². The third-order valence-corrected chi connectivity index (χ3v) is 8.27. The summed E-state index contributed by atoms with van der Waals surface area (Å²) < 4.78 is 32.5. The Hall–Kier alpha value is -1.77. The Bertz CT molecular complexity index is 861. The van der Waals surface area contributed by atoms with Gasteiger partial charge in [-0.15, -0.1) is 0 Å². The summed E-state index contributed by atoms with van der Waals surface area (Å²) in [6.45, 7) is 3.56. The van der Waals surface area contributed by atoms with Crippen molar-refractivity contribution in [2.24, 2.45) is 5.73 Å². The number of unbranched alkanes of at least 4 members (excludes halogenated alkanes) is 14. The summed E-state index contributed by atoms with van der Waals surface area (Å²) in [4.78, 5) is 34.6. The lowest BCUT2D eigenvalue weighted by atomic mass is 10.1. The molecule has 0 aromatic carbocycles. The minimum absolute atomic E-state index is 0.0502. The first kappa shape index (κ1) is 44.2. The minimum atomic E-state index is -4.37. The van der Waals surface area contributed by atoms with Crippen LogP contribution in [0.2, 0.25) is 0 Å². The maximum atomic E-state index is 12.5. The number of phosphoric ester groups is 1. The van der Waals surface area contributed by atoms with E-state index in [1.165, 1.54) is 44.9 Å². The van der Waals surface area contributed by atoms with E-state index < -0.39 is 32.5 Å². The number of carbonyl (C=O) groups excluding carboxylic acids is 2. The molecule has 268 valence electrons. The average Bonchev–Trinajstić information content (AvgIpc) is 3.04. The molecule has 1 unspecified atom stereocenters. The fourth-order valence-electron chi connectivity index (χ4n) is 4.65. The number of rotatable bonds is 33. The van der Waals surface area contributed by atoms with Gasteiger partial charge in [0.15, 0.2) is 6.10 Å². The van der Waals surface area contributed by atoms with Gasteiger partial charge in [0, 0.05) is 19.4 Å². The Kier molecular flexibility index (Phi) is 31.9. The highest BCUT2D eigenvalue weighted by Gasteiger charge is 2.25. The second-order valence-electron chi connectivity index (χ2n) is 11.7. The molecule has 0 saturated carbocycles. The van der Waals surface area contributed by atoms with E-state index in [9.17, 15) is 19.0 Å². The molecule has 0 aliphatic rings. The van der Waals surface area contributed by atoms with Crippen molar-refractivity contribution in [2.45, 2.75) is 155 Å². The fraction of sp³-hybridized carbons (Fsp3) is 0.778. The number of allylic oxidation sites excluding steroid dienone is 6. The first-order valence-corrected chi connectivity index (χ1v) is 19.5. The van der Waals surface area contributed by atoms with Gasteiger partial charge in [-0.3, -0.25) is 18.6 Å². The average molecular weight is 672 g/mol. The molecule has 46 heavy (non-hydrogen) atoms. The highest BCUT2D eigenvalue weighted by atomic mass is 31.2. The number of hydrogen-bond acceptors (Lipinski definition) is 8. The van der Waals surface area contributed by atoms with Crippen LogP contribution in [0.1, 0.15) is 149 Å². The Morgan fingerprint density at radius 2 is 1.20 bits per heavy atom. The lowest BCUT2D eigenvalue weighted by molar-refractivity contribution is -0.161. The first-order chi connectivity index (χ1) is 22.3. The van der Waals surface area contributed by atoms with Gasteiger partial charge in [0.2, 0.25) is 0 Å². The van der Waals surface area contributed by atoms with Gasteiger partial charge in [0.25, 0.3) is 0 Å². The van der Waals surface area contributed by atoms with Crippen LogP contribution in [0.15, 0.2) is 36.5 Å². The summed E-state index contributed by atoms with van der Waals surface area (Å²) in [5, 5.41) is 0. The Morgan fingerprint density at radius 3 is 1.78 bits per heavy atom. The molecule has 0 saturated heterocycles. The number of esters is 2. The number of phosphoric acid groups is 1. The summed E-state index contributed by atoms with van der Waals surface area (Å²) >= 11 is 0. The van der Waals surface area contributed by atoms with Crippen LogP contribution in [0.3, 0.4) is 0 Å². The van der Waals surface area contributed by atoms with Crippen LogP contribution in [0, 0.1) is 0 Å². The minimum Gasteiger partial charge on any atom is -0.462 e. The third-order valence-electron chi connectivity index (χ3n) is 7.29. The highest BCUT2D eigenvalue weighted by Crippen LogP contribution is 2.43. The predicted octanol–water partition coefficient (Wildman–Crippen LogP) is 9.43. The molecule has 10 heteroatoms. The maximum absolute atomic E-state index is 12.5. The molecule has 0 radical (unpaired) electrons. The van der Waals surface area contributed by atoms with Gasteiger partial charge >= 0.3 is 19.8 Å². The van der Waals surface area contributed by atoms with Crippen molar-refractivity contribution in [3.8, 4) is 0 Å². The van der Waals surface area contributed by atoms with Crippen LogP contribution in [0.5, 0.6) is 0 Å². The molecule has 0 aromatic heterocycles. The topological polar surface area (TPSA) is 134 Å². The summed E-state index contributed by atoms with van der Waals surface area (Å²) in [5.41, 5.74) is 5.32. The van der Waals surface area contributed by atoms with E-state index in [0.29, 0.717) is 6.42 Å². The SMILES string of the molecule is CC/C=C\C/C=C\C/C=C\CCCCCCCC(=O)O[C@H](COC(=O)CCCCCCCCCCCC)COP(=O)(O)OCCN. The normalized spacial score (nSPS) is 13.9. The van der Waals surface area contributed by atoms with Crippen LogP contribution >= 0.6 is 7.82 Å². The van der Waals surface area contributed by atoms with Crippen molar-refractivity contribution < 1.29 is 37.6 Å². The maximum Gasteiger partial charge on any atom is 0.472 e. The van der Waals surface area contributed by atoms with Gasteiger partial charge < -0.3 is 20.1 Å². The molecule has 2 atom stereocenters. The lowest BCUT2D eigenvalue weighted by Gasteiger charge is -2.19. The third kappa shape index (κ3) is 32.2. The Morgan fingerprint density at radius 1 is 0.674 bits per heavy atom. The standard InChI is InChI=1S/C36H66NO8P/c1-3-5-7-9-11-13-15-16-17-18-19-21-23-25-27-29-36(39)45-34(33-44-46(40,41)43-31-30-37)32-42-35(38)28-26-24-22-20-14-12-10-8-6-4-2/h5,7,11,13,16-17,34H,3-4,6,8-10,12,14-15,18-33,37H2,1-2H3,(H,40,41)/b7-5-,13-11-,17-16-/t34-/m1/s1. The van der Waals surface area contributed by atoms with E-state index in [2.05, 4.69) is 50.3 Å². The van der Waals surface area contributed by atoms with E-state index in [1.54, 1.807) is 0 Å². The predicted molar refractivity (Wildman–Crippen MR) is 187 cm³/mol. The van der Waals surface area contributed by atoms with Crippen molar-refractivity contribution in [1.82, 2.24) is 0 Å². The molecular weight excluding hydrogens is 605 g/mol. The van der Waals surface area contributed by atoms with E-state index in [-0.39, 0.29) is 32.6 Å². The van der Waals surface area contributed by atoms with Crippen molar-refractivity contribution in [3.05, 3.63) is 36.5 Å². The summed E-state index contributed by atoms with van der Waals surface area (Å²) in [7, 11) is -4.37. The van der Waals surface area contributed by atoms with Crippen molar-refractivity contribution in [1.29, 1.82) is 0 Å². The van der Waals surface area contributed by atoms with E-state index >= 15 is 0 Å². The van der Waals surface area contributed by atoms with Crippen LogP contribution in [-0.4, -0.2) is 49.3 Å². The van der Waals surface area contributed by atoms with Crippen molar-refractivity contribution >= 4 is 19.8 Å². The summed E-state index contributed by atoms with van der Waals surface area (Å²) in [5.74, 6) is -0.852. The largest absolute Gasteiger partial charge is 0.472 e. The zero-order valence-electron chi connectivity index (χ0n) is 29.0. The molecule has 3 N–H and O–H groups in total. The number of carbonyl (C=O) groups is 2. The molecule has 0 rings (SSSR count). The molecule has 0 heterocycles. The molecule has 0 aromatic rings. The zero-order valence-corrected chi connectivity index (χ0v) is 29.9. The van der Waals surface area contributed by atoms with E-state index in [4.69, 9.17) is 24.3 Å². The highest BCUT2D eigenvalue weighted by molar-refractivity contribution is 7.47. The van der Waals surface area contributed by atoms with Crippen molar-refractivity contribution in [3.63, 3.8) is 0 Å². The van der Waals surface area contributed by atoms with Gasteiger partial charge in [-0.05, 0) is 44.9 Å². The van der Waals surface area contributed by atoms with Crippen LogP contribution in [-0.2, 0) is 32.7 Å². The van der Waals surface area contributed by atoms with Gasteiger partial charge in [-0.2, -0.15) is 0 Å². The van der Waals surface area contributed by atoms with E-state index in [0.717, 1.165) is 70.6 Å². The van der Waals surface area contributed by atoms with Gasteiger partial charge in [0.1, 0.15) is 6.61 Å². The quantitative estimate of drug-likeness (QED) is 0.0303. The molecular formula is C36H66NO8P. The summed E-state index contributed by atoms with van der Waals surface area (Å²) in [6, 6.07) is 0. The lowest BCUT2D eigenvalue weighted by Crippen LogP contribution is -2.29. The molecule has 0 spiro atoms. The fourth-order valence-corrected chi connectivity index (χ4v) is 5.41. The second-order valence-corrected chi connectivity index (χ2v) is 13.2. The van der Waals surface area contributed by atoms with Gasteiger partial charge in [0.05, 0.1) is 13.2 Å². The molecule has 0 bridgehead atoms. The number of nitrogens with two attached hydrogens (primary N) is 1. The van der Waals surface area contributed by atoms with Gasteiger partial charge in [-0.25, -0.2) is 4.57 Å².